The summed E-state index contributed by atoms with van der Waals surface area (Å²) in [6, 6.07) is 18.4. The number of aromatic amines is 1. The Morgan fingerprint density at radius 3 is 2.70 bits per heavy atom. The molecule has 0 saturated carbocycles. The third-order valence-corrected chi connectivity index (χ3v) is 5.07. The van der Waals surface area contributed by atoms with Crippen LogP contribution in [0, 0.1) is 0 Å². The second-order valence-corrected chi connectivity index (χ2v) is 6.71. The third kappa shape index (κ3) is 2.94. The van der Waals surface area contributed by atoms with Gasteiger partial charge in [-0.2, -0.15) is 5.10 Å². The second-order valence-electron chi connectivity index (χ2n) is 6.71. The van der Waals surface area contributed by atoms with E-state index >= 15 is 0 Å². The Labute approximate surface area is 157 Å². The average molecular weight is 356 g/mol. The molecule has 4 aromatic rings. The van der Waals surface area contributed by atoms with E-state index in [1.54, 1.807) is 6.33 Å². The van der Waals surface area contributed by atoms with Crippen molar-refractivity contribution in [1.29, 1.82) is 0 Å². The Morgan fingerprint density at radius 1 is 0.963 bits per heavy atom. The van der Waals surface area contributed by atoms with E-state index in [1.165, 1.54) is 5.69 Å². The SMILES string of the molecule is c1ccc(-n2nccc2[C@@H]2c3nc[nH]c3CCN2Cc2ccccn2)cc1. The van der Waals surface area contributed by atoms with Crippen LogP contribution in [0.15, 0.2) is 73.3 Å². The first-order valence-electron chi connectivity index (χ1n) is 9.15. The predicted molar refractivity (Wildman–Crippen MR) is 102 cm³/mol. The molecule has 1 aromatic carbocycles. The molecule has 5 rings (SSSR count). The van der Waals surface area contributed by atoms with Gasteiger partial charge in [-0.15, -0.1) is 0 Å². The number of hydrogen-bond acceptors (Lipinski definition) is 4. The summed E-state index contributed by atoms with van der Waals surface area (Å²) in [5.41, 5.74) is 5.52. The highest BCUT2D eigenvalue weighted by molar-refractivity contribution is 5.37. The van der Waals surface area contributed by atoms with E-state index in [4.69, 9.17) is 0 Å². The highest BCUT2D eigenvalue weighted by atomic mass is 15.3. The predicted octanol–water partition coefficient (Wildman–Crippen LogP) is 3.14. The molecular formula is C21H20N6. The molecule has 1 N–H and O–H groups in total. The Bertz CT molecular complexity index is 1020. The summed E-state index contributed by atoms with van der Waals surface area (Å²) in [7, 11) is 0. The van der Waals surface area contributed by atoms with Crippen molar-refractivity contribution in [3.05, 3.63) is 96.1 Å². The van der Waals surface area contributed by atoms with Gasteiger partial charge in [-0.1, -0.05) is 24.3 Å². The lowest BCUT2D eigenvalue weighted by Crippen LogP contribution is -2.37. The minimum atomic E-state index is 0.0321. The van der Waals surface area contributed by atoms with Gasteiger partial charge >= 0.3 is 0 Å². The lowest BCUT2D eigenvalue weighted by atomic mass is 9.99. The molecule has 0 aliphatic carbocycles. The number of imidazole rings is 1. The molecule has 134 valence electrons. The van der Waals surface area contributed by atoms with Crippen molar-refractivity contribution in [2.75, 3.05) is 6.54 Å². The molecule has 0 bridgehead atoms. The first-order valence-corrected chi connectivity index (χ1v) is 9.15. The van der Waals surface area contributed by atoms with Crippen molar-refractivity contribution < 1.29 is 0 Å². The van der Waals surface area contributed by atoms with Crippen LogP contribution in [0.1, 0.15) is 28.8 Å². The fourth-order valence-electron chi connectivity index (χ4n) is 3.83. The zero-order valence-corrected chi connectivity index (χ0v) is 14.9. The molecular weight excluding hydrogens is 336 g/mol. The van der Waals surface area contributed by atoms with Crippen LogP contribution in [0.2, 0.25) is 0 Å². The molecule has 0 amide bonds. The number of hydrogen-bond donors (Lipinski definition) is 1. The summed E-state index contributed by atoms with van der Waals surface area (Å²) in [6.45, 7) is 1.72. The number of para-hydroxylation sites is 1. The van der Waals surface area contributed by atoms with Crippen LogP contribution >= 0.6 is 0 Å². The Kier molecular flexibility index (Phi) is 4.03. The Hall–Kier alpha value is -3.25. The number of pyridine rings is 1. The van der Waals surface area contributed by atoms with Crippen LogP contribution < -0.4 is 0 Å². The van der Waals surface area contributed by atoms with Gasteiger partial charge in [0.15, 0.2) is 0 Å². The summed E-state index contributed by atoms with van der Waals surface area (Å²) in [4.78, 5) is 14.9. The lowest BCUT2D eigenvalue weighted by Gasteiger charge is -2.34. The molecule has 0 spiro atoms. The molecule has 0 saturated heterocycles. The van der Waals surface area contributed by atoms with Crippen LogP contribution in [0.5, 0.6) is 0 Å². The first kappa shape index (κ1) is 16.0. The summed E-state index contributed by atoms with van der Waals surface area (Å²) < 4.78 is 2.01. The van der Waals surface area contributed by atoms with Crippen LogP contribution in [0.25, 0.3) is 5.69 Å². The maximum Gasteiger partial charge on any atom is 0.0973 e. The van der Waals surface area contributed by atoms with E-state index in [9.17, 15) is 0 Å². The molecule has 1 aliphatic rings. The Morgan fingerprint density at radius 2 is 1.85 bits per heavy atom. The smallest absolute Gasteiger partial charge is 0.0973 e. The molecule has 6 nitrogen and oxygen atoms in total. The van der Waals surface area contributed by atoms with Gasteiger partial charge in [0, 0.05) is 37.6 Å². The topological polar surface area (TPSA) is 62.6 Å². The molecule has 3 aromatic heterocycles. The van der Waals surface area contributed by atoms with E-state index in [1.807, 2.05) is 47.4 Å². The highest BCUT2D eigenvalue weighted by Crippen LogP contribution is 2.34. The monoisotopic (exact) mass is 356 g/mol. The zero-order valence-electron chi connectivity index (χ0n) is 14.9. The van der Waals surface area contributed by atoms with Gasteiger partial charge in [0.2, 0.25) is 0 Å². The van der Waals surface area contributed by atoms with Gasteiger partial charge in [-0.3, -0.25) is 9.88 Å². The number of rotatable bonds is 4. The molecule has 0 radical (unpaired) electrons. The van der Waals surface area contributed by atoms with Crippen molar-refractivity contribution in [2.45, 2.75) is 19.0 Å². The average Bonchev–Trinajstić information content (AvgIpc) is 3.39. The number of benzene rings is 1. The zero-order chi connectivity index (χ0) is 18.1. The molecule has 1 atom stereocenters. The summed E-state index contributed by atoms with van der Waals surface area (Å²) in [5, 5.41) is 4.60. The molecule has 0 unspecified atom stereocenters. The summed E-state index contributed by atoms with van der Waals surface area (Å²) in [5.74, 6) is 0. The van der Waals surface area contributed by atoms with Gasteiger partial charge in [-0.25, -0.2) is 9.67 Å². The van der Waals surface area contributed by atoms with Crippen molar-refractivity contribution in [2.24, 2.45) is 0 Å². The van der Waals surface area contributed by atoms with Crippen molar-refractivity contribution in [3.8, 4) is 5.69 Å². The number of nitrogens with zero attached hydrogens (tertiary/aromatic N) is 5. The minimum Gasteiger partial charge on any atom is -0.348 e. The van der Waals surface area contributed by atoms with Gasteiger partial charge in [-0.05, 0) is 30.3 Å². The fraction of sp³-hybridized carbons (Fsp3) is 0.190. The van der Waals surface area contributed by atoms with E-state index < -0.39 is 0 Å². The summed E-state index contributed by atoms with van der Waals surface area (Å²) >= 11 is 0. The van der Waals surface area contributed by atoms with Crippen LogP contribution in [-0.2, 0) is 13.0 Å². The number of nitrogens with one attached hydrogen (secondary N) is 1. The largest absolute Gasteiger partial charge is 0.348 e. The number of aromatic nitrogens is 5. The lowest BCUT2D eigenvalue weighted by molar-refractivity contribution is 0.192. The molecule has 0 fully saturated rings. The fourth-order valence-corrected chi connectivity index (χ4v) is 3.83. The van der Waals surface area contributed by atoms with E-state index in [-0.39, 0.29) is 6.04 Å². The first-order chi connectivity index (χ1) is 13.4. The van der Waals surface area contributed by atoms with Gasteiger partial charge in [0.1, 0.15) is 0 Å². The maximum atomic E-state index is 4.66. The third-order valence-electron chi connectivity index (χ3n) is 5.07. The van der Waals surface area contributed by atoms with Crippen LogP contribution in [0.4, 0.5) is 0 Å². The molecule has 6 heteroatoms. The number of H-pyrrole nitrogens is 1. The van der Waals surface area contributed by atoms with Crippen molar-refractivity contribution in [1.82, 2.24) is 29.6 Å². The van der Waals surface area contributed by atoms with Crippen LogP contribution in [0.3, 0.4) is 0 Å². The molecule has 27 heavy (non-hydrogen) atoms. The van der Waals surface area contributed by atoms with E-state index in [2.05, 4.69) is 49.2 Å². The van der Waals surface area contributed by atoms with Gasteiger partial charge in [0.25, 0.3) is 0 Å². The van der Waals surface area contributed by atoms with Crippen molar-refractivity contribution in [3.63, 3.8) is 0 Å². The quantitative estimate of drug-likeness (QED) is 0.610. The van der Waals surface area contributed by atoms with Gasteiger partial charge < -0.3 is 4.98 Å². The number of fused-ring (bicyclic) bond motifs is 1. The van der Waals surface area contributed by atoms with E-state index in [0.717, 1.165) is 42.3 Å². The highest BCUT2D eigenvalue weighted by Gasteiger charge is 2.33. The standard InChI is InChI=1S/C21H20N6/c1-2-7-17(8-3-1)27-19(9-12-25-27)21-20-18(23-15-24-20)10-13-26(21)14-16-6-4-5-11-22-16/h1-9,11-12,15,21H,10,13-14H2,(H,23,24)/t21-/m1/s1. The normalized spacial score (nSPS) is 17.0. The summed E-state index contributed by atoms with van der Waals surface area (Å²) in [6.07, 6.45) is 6.47. The Balaban J connectivity index is 1.58. The molecule has 4 heterocycles. The maximum absolute atomic E-state index is 4.66. The van der Waals surface area contributed by atoms with Gasteiger partial charge in [0.05, 0.1) is 35.1 Å². The minimum absolute atomic E-state index is 0.0321. The van der Waals surface area contributed by atoms with Crippen LogP contribution in [-0.4, -0.2) is 36.2 Å². The van der Waals surface area contributed by atoms with E-state index in [0.29, 0.717) is 0 Å². The van der Waals surface area contributed by atoms with Crippen molar-refractivity contribution >= 4 is 0 Å². The molecule has 1 aliphatic heterocycles. The second kappa shape index (κ2) is 6.81.